The van der Waals surface area contributed by atoms with E-state index in [1.54, 1.807) is 18.2 Å². The summed E-state index contributed by atoms with van der Waals surface area (Å²) in [6, 6.07) is 5.11. The summed E-state index contributed by atoms with van der Waals surface area (Å²) in [5.74, 6) is 0. The predicted octanol–water partition coefficient (Wildman–Crippen LogP) is 0.584. The summed E-state index contributed by atoms with van der Waals surface area (Å²) >= 11 is 0. The molecule has 0 unspecified atom stereocenters. The first kappa shape index (κ1) is 11.6. The second-order valence-corrected chi connectivity index (χ2v) is 5.98. The topological polar surface area (TPSA) is 75.3 Å². The Hall–Kier alpha value is -1.44. The van der Waals surface area contributed by atoms with Crippen LogP contribution in [0.25, 0.3) is 11.0 Å². The fourth-order valence-electron chi connectivity index (χ4n) is 2.07. The molecular weight excluding hydrogens is 254 g/mol. The van der Waals surface area contributed by atoms with Crippen LogP contribution in [0.4, 0.5) is 0 Å². The zero-order valence-electron chi connectivity index (χ0n) is 9.67. The average Bonchev–Trinajstić information content (AvgIpc) is 2.87. The highest BCUT2D eigenvalue weighted by molar-refractivity contribution is 7.89. The molecule has 96 valence electrons. The molecule has 1 fully saturated rings. The summed E-state index contributed by atoms with van der Waals surface area (Å²) in [5.41, 5.74) is 1.22. The van der Waals surface area contributed by atoms with E-state index in [0.717, 1.165) is 5.52 Å². The second-order valence-electron chi connectivity index (χ2n) is 4.07. The average molecular weight is 267 g/mol. The fourth-order valence-corrected chi connectivity index (χ4v) is 3.64. The molecule has 6 nitrogen and oxygen atoms in total. The molecule has 1 N–H and O–H groups in total. The van der Waals surface area contributed by atoms with Gasteiger partial charge in [0.15, 0.2) is 0 Å². The van der Waals surface area contributed by atoms with Crippen LogP contribution in [0.3, 0.4) is 0 Å². The van der Waals surface area contributed by atoms with Gasteiger partial charge in [-0.2, -0.15) is 4.31 Å². The van der Waals surface area contributed by atoms with E-state index in [4.69, 9.17) is 4.74 Å². The molecule has 0 aliphatic carbocycles. The Bertz CT molecular complexity index is 659. The van der Waals surface area contributed by atoms with Crippen molar-refractivity contribution in [3.05, 3.63) is 24.5 Å². The molecule has 2 aromatic rings. The number of para-hydroxylation sites is 1. The van der Waals surface area contributed by atoms with Crippen LogP contribution in [-0.4, -0.2) is 49.0 Å². The number of nitrogens with one attached hydrogen (secondary N) is 1. The lowest BCUT2D eigenvalue weighted by Crippen LogP contribution is -2.40. The molecule has 1 aromatic heterocycles. The number of aromatic nitrogens is 2. The lowest BCUT2D eigenvalue weighted by molar-refractivity contribution is 0.0730. The number of hydrogen-bond donors (Lipinski definition) is 1. The quantitative estimate of drug-likeness (QED) is 0.863. The molecule has 2 heterocycles. The van der Waals surface area contributed by atoms with E-state index in [2.05, 4.69) is 9.97 Å². The van der Waals surface area contributed by atoms with E-state index in [1.807, 2.05) is 0 Å². The molecule has 1 aliphatic rings. The number of morpholine rings is 1. The first-order valence-electron chi connectivity index (χ1n) is 5.69. The summed E-state index contributed by atoms with van der Waals surface area (Å²) in [4.78, 5) is 7.26. The Balaban J connectivity index is 2.10. The van der Waals surface area contributed by atoms with Gasteiger partial charge in [0.2, 0.25) is 10.0 Å². The number of ether oxygens (including phenoxy) is 1. The Morgan fingerprint density at radius 1 is 1.28 bits per heavy atom. The number of rotatable bonds is 2. The highest BCUT2D eigenvalue weighted by atomic mass is 32.2. The minimum Gasteiger partial charge on any atom is -0.379 e. The van der Waals surface area contributed by atoms with Gasteiger partial charge in [0.05, 0.1) is 25.1 Å². The zero-order chi connectivity index (χ0) is 12.6. The van der Waals surface area contributed by atoms with Crippen LogP contribution in [0.15, 0.2) is 29.4 Å². The molecule has 1 aromatic carbocycles. The number of hydrogen-bond acceptors (Lipinski definition) is 4. The Labute approximate surface area is 105 Å². The number of benzene rings is 1. The monoisotopic (exact) mass is 267 g/mol. The molecule has 1 aliphatic heterocycles. The SMILES string of the molecule is O=S(=O)(c1cccc2[nH]cnc12)N1CCOCC1. The van der Waals surface area contributed by atoms with E-state index < -0.39 is 10.0 Å². The van der Waals surface area contributed by atoms with Gasteiger partial charge in [-0.3, -0.25) is 0 Å². The van der Waals surface area contributed by atoms with Crippen molar-refractivity contribution in [1.29, 1.82) is 0 Å². The van der Waals surface area contributed by atoms with Crippen LogP contribution < -0.4 is 0 Å². The molecule has 0 spiro atoms. The lowest BCUT2D eigenvalue weighted by atomic mass is 10.3. The lowest BCUT2D eigenvalue weighted by Gasteiger charge is -2.26. The maximum absolute atomic E-state index is 12.5. The van der Waals surface area contributed by atoms with Gasteiger partial charge >= 0.3 is 0 Å². The van der Waals surface area contributed by atoms with Crippen molar-refractivity contribution in [3.8, 4) is 0 Å². The standard InChI is InChI=1S/C11H13N3O3S/c15-18(16,14-4-6-17-7-5-14)10-3-1-2-9-11(10)13-8-12-9/h1-3,8H,4-7H2,(H,12,13). The first-order valence-corrected chi connectivity index (χ1v) is 7.13. The molecule has 3 rings (SSSR count). The molecule has 0 bridgehead atoms. The molecular formula is C11H13N3O3S. The largest absolute Gasteiger partial charge is 0.379 e. The molecule has 1 saturated heterocycles. The molecule has 0 atom stereocenters. The summed E-state index contributed by atoms with van der Waals surface area (Å²) in [7, 11) is -3.49. The number of sulfonamides is 1. The third-order valence-electron chi connectivity index (χ3n) is 3.00. The van der Waals surface area contributed by atoms with Crippen molar-refractivity contribution < 1.29 is 13.2 Å². The van der Waals surface area contributed by atoms with Gasteiger partial charge in [-0.05, 0) is 12.1 Å². The van der Waals surface area contributed by atoms with E-state index >= 15 is 0 Å². The van der Waals surface area contributed by atoms with Crippen molar-refractivity contribution in [2.24, 2.45) is 0 Å². The van der Waals surface area contributed by atoms with Crippen LogP contribution in [0.2, 0.25) is 0 Å². The maximum atomic E-state index is 12.5. The van der Waals surface area contributed by atoms with Crippen LogP contribution in [0.1, 0.15) is 0 Å². The normalized spacial score (nSPS) is 18.2. The highest BCUT2D eigenvalue weighted by Gasteiger charge is 2.28. The van der Waals surface area contributed by atoms with Gasteiger partial charge in [0.1, 0.15) is 10.4 Å². The van der Waals surface area contributed by atoms with Gasteiger partial charge in [-0.1, -0.05) is 6.07 Å². The number of fused-ring (bicyclic) bond motifs is 1. The van der Waals surface area contributed by atoms with Crippen molar-refractivity contribution in [1.82, 2.24) is 14.3 Å². The predicted molar refractivity (Wildman–Crippen MR) is 65.7 cm³/mol. The van der Waals surface area contributed by atoms with Crippen molar-refractivity contribution >= 4 is 21.1 Å². The van der Waals surface area contributed by atoms with E-state index in [1.165, 1.54) is 10.6 Å². The maximum Gasteiger partial charge on any atom is 0.245 e. The number of aromatic amines is 1. The van der Waals surface area contributed by atoms with E-state index in [0.29, 0.717) is 31.8 Å². The summed E-state index contributed by atoms with van der Waals surface area (Å²) in [6.07, 6.45) is 1.50. The number of H-pyrrole nitrogens is 1. The van der Waals surface area contributed by atoms with Crippen LogP contribution in [-0.2, 0) is 14.8 Å². The fraction of sp³-hybridized carbons (Fsp3) is 0.364. The number of imidazole rings is 1. The van der Waals surface area contributed by atoms with Crippen LogP contribution in [0, 0.1) is 0 Å². The third-order valence-corrected chi connectivity index (χ3v) is 4.93. The minimum absolute atomic E-state index is 0.253. The Kier molecular flexibility index (Phi) is 2.81. The van der Waals surface area contributed by atoms with Gasteiger partial charge in [-0.25, -0.2) is 13.4 Å². The summed E-state index contributed by atoms with van der Waals surface area (Å²) < 4.78 is 31.7. The minimum atomic E-state index is -3.49. The highest BCUT2D eigenvalue weighted by Crippen LogP contribution is 2.23. The molecule has 0 radical (unpaired) electrons. The Morgan fingerprint density at radius 2 is 2.06 bits per heavy atom. The summed E-state index contributed by atoms with van der Waals surface area (Å²) in [5, 5.41) is 0. The Morgan fingerprint density at radius 3 is 2.83 bits per heavy atom. The molecule has 18 heavy (non-hydrogen) atoms. The molecule has 0 amide bonds. The zero-order valence-corrected chi connectivity index (χ0v) is 10.5. The molecule has 7 heteroatoms. The van der Waals surface area contributed by atoms with Gasteiger partial charge in [0, 0.05) is 13.1 Å². The number of nitrogens with zero attached hydrogens (tertiary/aromatic N) is 2. The molecule has 0 saturated carbocycles. The first-order chi connectivity index (χ1) is 8.69. The van der Waals surface area contributed by atoms with E-state index in [9.17, 15) is 8.42 Å². The van der Waals surface area contributed by atoms with Crippen molar-refractivity contribution in [2.75, 3.05) is 26.3 Å². The van der Waals surface area contributed by atoms with Crippen molar-refractivity contribution in [3.63, 3.8) is 0 Å². The van der Waals surface area contributed by atoms with Gasteiger partial charge in [0.25, 0.3) is 0 Å². The third kappa shape index (κ3) is 1.80. The van der Waals surface area contributed by atoms with E-state index in [-0.39, 0.29) is 4.90 Å². The van der Waals surface area contributed by atoms with Gasteiger partial charge < -0.3 is 9.72 Å². The van der Waals surface area contributed by atoms with Crippen molar-refractivity contribution in [2.45, 2.75) is 4.90 Å². The van der Waals surface area contributed by atoms with Crippen LogP contribution in [0.5, 0.6) is 0 Å². The second kappa shape index (κ2) is 4.34. The van der Waals surface area contributed by atoms with Crippen LogP contribution >= 0.6 is 0 Å². The van der Waals surface area contributed by atoms with Gasteiger partial charge in [-0.15, -0.1) is 0 Å². The summed E-state index contributed by atoms with van der Waals surface area (Å²) in [6.45, 7) is 1.66. The smallest absolute Gasteiger partial charge is 0.245 e.